The van der Waals surface area contributed by atoms with Gasteiger partial charge in [0.25, 0.3) is 6.23 Å². The second kappa shape index (κ2) is 6.19. The van der Waals surface area contributed by atoms with Crippen LogP contribution in [0.2, 0.25) is 0 Å². The molecule has 1 spiro atoms. The fourth-order valence-corrected chi connectivity index (χ4v) is 4.58. The van der Waals surface area contributed by atoms with Gasteiger partial charge >= 0.3 is 0 Å². The van der Waals surface area contributed by atoms with Crippen molar-refractivity contribution in [3.8, 4) is 0 Å². The largest absolute Gasteiger partial charge is 0.381 e. The smallest absolute Gasteiger partial charge is 0.274 e. The van der Waals surface area contributed by atoms with Crippen LogP contribution in [-0.2, 0) is 19.3 Å². The van der Waals surface area contributed by atoms with Crippen LogP contribution in [0, 0.1) is 0 Å². The molecule has 0 aromatic rings. The van der Waals surface area contributed by atoms with Crippen molar-refractivity contribution in [2.75, 3.05) is 20.3 Å². The van der Waals surface area contributed by atoms with Crippen LogP contribution in [0.15, 0.2) is 0 Å². The molecule has 2 fully saturated rings. The second-order valence-electron chi connectivity index (χ2n) is 8.12. The van der Waals surface area contributed by atoms with E-state index in [4.69, 9.17) is 14.5 Å². The van der Waals surface area contributed by atoms with Crippen molar-refractivity contribution in [1.82, 2.24) is 0 Å². The van der Waals surface area contributed by atoms with E-state index in [2.05, 4.69) is 27.7 Å². The Bertz CT molecular complexity index is 401. The summed E-state index contributed by atoms with van der Waals surface area (Å²) in [5.74, 6) is 0.197. The lowest BCUT2D eigenvalue weighted by atomic mass is 9.77. The Labute approximate surface area is 134 Å². The molecular formula is C17H32NO4+. The van der Waals surface area contributed by atoms with Crippen molar-refractivity contribution in [3.63, 3.8) is 0 Å². The van der Waals surface area contributed by atoms with E-state index in [1.807, 2.05) is 0 Å². The van der Waals surface area contributed by atoms with Gasteiger partial charge < -0.3 is 9.53 Å². The van der Waals surface area contributed by atoms with E-state index in [1.54, 1.807) is 14.0 Å². The highest BCUT2D eigenvalue weighted by Gasteiger charge is 2.74. The van der Waals surface area contributed by atoms with Gasteiger partial charge in [0.1, 0.15) is 5.78 Å². The second-order valence-corrected chi connectivity index (χ2v) is 8.12. The summed E-state index contributed by atoms with van der Waals surface area (Å²) < 4.78 is 6.58. The van der Waals surface area contributed by atoms with Crippen molar-refractivity contribution in [3.05, 3.63) is 0 Å². The Balaban J connectivity index is 1.92. The number of Topliss-reactive ketones (excluding diaryl/α,β-unsaturated/α-hetero) is 1. The van der Waals surface area contributed by atoms with Crippen molar-refractivity contribution in [2.24, 2.45) is 0 Å². The molecule has 128 valence electrons. The number of methoxy groups -OCH3 is 1. The zero-order valence-corrected chi connectivity index (χ0v) is 15.0. The molecule has 2 aliphatic rings. The first-order valence-electron chi connectivity index (χ1n) is 8.35. The Kier molecular flexibility index (Phi) is 5.03. The molecule has 1 atom stereocenters. The average molecular weight is 314 g/mol. The number of ether oxygens (including phenoxy) is 1. The zero-order valence-electron chi connectivity index (χ0n) is 15.0. The van der Waals surface area contributed by atoms with Gasteiger partial charge in [0.2, 0.25) is 0 Å². The minimum absolute atomic E-state index is 0.0973. The standard InChI is InChI=1S/C17H32NO4/c1-13(19)8-7-9-21-22-15-12-18(15)16(2,3)10-14(20-6)11-17(18,4)5/h14-15H,7-12H2,1-6H3/q+1. The fraction of sp³-hybridized carbons (Fsp3) is 0.941. The molecule has 0 amide bonds. The van der Waals surface area contributed by atoms with E-state index < -0.39 is 0 Å². The molecule has 0 aromatic carbocycles. The number of hydrogen-bond acceptors (Lipinski definition) is 4. The number of quaternary nitrogens is 1. The molecule has 2 heterocycles. The normalized spacial score (nSPS) is 28.7. The third-order valence-corrected chi connectivity index (χ3v) is 5.69. The lowest BCUT2D eigenvalue weighted by molar-refractivity contribution is -0.938. The molecule has 0 bridgehead atoms. The minimum Gasteiger partial charge on any atom is -0.381 e. The third kappa shape index (κ3) is 3.09. The molecule has 0 saturated carbocycles. The topological polar surface area (TPSA) is 44.8 Å². The van der Waals surface area contributed by atoms with Crippen molar-refractivity contribution in [2.45, 2.75) is 83.7 Å². The molecule has 1 unspecified atom stereocenters. The maximum Gasteiger partial charge on any atom is 0.274 e. The van der Waals surface area contributed by atoms with E-state index in [1.165, 1.54) is 0 Å². The molecule has 5 nitrogen and oxygen atoms in total. The molecule has 0 aromatic heterocycles. The Morgan fingerprint density at radius 3 is 2.27 bits per heavy atom. The third-order valence-electron chi connectivity index (χ3n) is 5.69. The van der Waals surface area contributed by atoms with Gasteiger partial charge in [0.15, 0.2) is 6.54 Å². The van der Waals surface area contributed by atoms with Crippen LogP contribution in [0.1, 0.15) is 60.3 Å². The van der Waals surface area contributed by atoms with Crippen LogP contribution in [-0.4, -0.2) is 53.9 Å². The number of rotatable bonds is 7. The lowest BCUT2D eigenvalue weighted by Gasteiger charge is -2.53. The van der Waals surface area contributed by atoms with Gasteiger partial charge in [-0.05, 0) is 41.0 Å². The van der Waals surface area contributed by atoms with Crippen LogP contribution >= 0.6 is 0 Å². The lowest BCUT2D eigenvalue weighted by Crippen LogP contribution is -2.66. The zero-order chi connectivity index (χ0) is 16.6. The molecule has 0 radical (unpaired) electrons. The Morgan fingerprint density at radius 2 is 1.77 bits per heavy atom. The van der Waals surface area contributed by atoms with Gasteiger partial charge in [-0.15, -0.1) is 0 Å². The van der Waals surface area contributed by atoms with Crippen LogP contribution < -0.4 is 0 Å². The molecule has 0 aliphatic carbocycles. The predicted molar refractivity (Wildman–Crippen MR) is 84.1 cm³/mol. The van der Waals surface area contributed by atoms with Gasteiger partial charge in [-0.2, -0.15) is 4.89 Å². The van der Waals surface area contributed by atoms with E-state index >= 15 is 0 Å². The van der Waals surface area contributed by atoms with Gasteiger partial charge in [-0.3, -0.25) is 4.48 Å². The summed E-state index contributed by atoms with van der Waals surface area (Å²) in [5, 5.41) is 0. The maximum absolute atomic E-state index is 10.9. The van der Waals surface area contributed by atoms with Crippen LogP contribution in [0.4, 0.5) is 0 Å². The molecule has 0 N–H and O–H groups in total. The minimum atomic E-state index is 0.0973. The Hall–Kier alpha value is -0.490. The summed E-state index contributed by atoms with van der Waals surface area (Å²) in [5.41, 5.74) is 0.214. The maximum atomic E-state index is 10.9. The van der Waals surface area contributed by atoms with Gasteiger partial charge in [0, 0.05) is 26.4 Å². The summed E-state index contributed by atoms with van der Waals surface area (Å²) in [6.45, 7) is 12.3. The van der Waals surface area contributed by atoms with E-state index in [0.29, 0.717) is 19.1 Å². The highest BCUT2D eigenvalue weighted by Crippen LogP contribution is 2.56. The number of hydrogen-bond donors (Lipinski definition) is 0. The highest BCUT2D eigenvalue weighted by atomic mass is 17.2. The number of piperidine rings is 1. The first-order valence-corrected chi connectivity index (χ1v) is 8.35. The average Bonchev–Trinajstić information content (AvgIpc) is 3.12. The monoisotopic (exact) mass is 314 g/mol. The number of carbonyl (C=O) groups excluding carboxylic acids is 1. The molecule has 22 heavy (non-hydrogen) atoms. The summed E-state index contributed by atoms with van der Waals surface area (Å²) in [6.07, 6.45) is 3.77. The number of nitrogens with zero attached hydrogens (tertiary/aromatic N) is 1. The molecule has 2 saturated heterocycles. The van der Waals surface area contributed by atoms with E-state index in [9.17, 15) is 4.79 Å². The first kappa shape index (κ1) is 17.9. The van der Waals surface area contributed by atoms with Crippen molar-refractivity contribution in [1.29, 1.82) is 0 Å². The summed E-state index contributed by atoms with van der Waals surface area (Å²) in [4.78, 5) is 22.0. The summed E-state index contributed by atoms with van der Waals surface area (Å²) >= 11 is 0. The van der Waals surface area contributed by atoms with Crippen molar-refractivity contribution < 1.29 is 23.8 Å². The van der Waals surface area contributed by atoms with Crippen LogP contribution in [0.5, 0.6) is 0 Å². The molecule has 2 aliphatic heterocycles. The Morgan fingerprint density at radius 1 is 1.18 bits per heavy atom. The predicted octanol–water partition coefficient (Wildman–Crippen LogP) is 2.83. The highest BCUT2D eigenvalue weighted by molar-refractivity contribution is 5.75. The van der Waals surface area contributed by atoms with E-state index in [0.717, 1.165) is 30.3 Å². The quantitative estimate of drug-likeness (QED) is 0.238. The number of carbonyl (C=O) groups is 1. The van der Waals surface area contributed by atoms with Crippen LogP contribution in [0.3, 0.4) is 0 Å². The fourth-order valence-electron chi connectivity index (χ4n) is 4.58. The van der Waals surface area contributed by atoms with Crippen molar-refractivity contribution >= 4 is 5.78 Å². The van der Waals surface area contributed by atoms with Gasteiger partial charge in [-0.1, -0.05) is 0 Å². The molecule has 5 heteroatoms. The summed E-state index contributed by atoms with van der Waals surface area (Å²) in [7, 11) is 1.81. The summed E-state index contributed by atoms with van der Waals surface area (Å²) in [6, 6.07) is 0. The van der Waals surface area contributed by atoms with E-state index in [-0.39, 0.29) is 23.1 Å². The van der Waals surface area contributed by atoms with Gasteiger partial charge in [0.05, 0.1) is 23.8 Å². The molecule has 2 rings (SSSR count). The van der Waals surface area contributed by atoms with Gasteiger partial charge in [-0.25, -0.2) is 4.89 Å². The number of ketones is 1. The molecular weight excluding hydrogens is 282 g/mol. The first-order chi connectivity index (χ1) is 10.2. The van der Waals surface area contributed by atoms with Crippen LogP contribution in [0.25, 0.3) is 0 Å². The SMILES string of the molecule is COC1CC(C)(C)[N+]2(CC2OOCCCC(C)=O)C(C)(C)C1.